The Hall–Kier alpha value is -0.610. The maximum atomic E-state index is 4.17. The quantitative estimate of drug-likeness (QED) is 0.439. The van der Waals surface area contributed by atoms with E-state index in [4.69, 9.17) is 0 Å². The molecule has 0 aliphatic heterocycles. The van der Waals surface area contributed by atoms with Crippen LogP contribution < -0.4 is 5.32 Å². The number of nitrogens with zero attached hydrogens (tertiary/aromatic N) is 2. The summed E-state index contributed by atoms with van der Waals surface area (Å²) in [5, 5.41) is 4.19. The van der Waals surface area contributed by atoms with E-state index in [0.717, 1.165) is 10.9 Å². The van der Waals surface area contributed by atoms with Gasteiger partial charge in [0.15, 0.2) is 5.16 Å². The highest BCUT2D eigenvalue weighted by molar-refractivity contribution is 7.99. The van der Waals surface area contributed by atoms with Crippen LogP contribution in [-0.4, -0.2) is 28.8 Å². The van der Waals surface area contributed by atoms with Gasteiger partial charge in [-0.1, -0.05) is 18.7 Å². The first-order chi connectivity index (χ1) is 7.36. The molecule has 0 saturated heterocycles. The van der Waals surface area contributed by atoms with Crippen LogP contribution in [0.5, 0.6) is 0 Å². The van der Waals surface area contributed by atoms with Gasteiger partial charge in [0, 0.05) is 24.2 Å². The number of thioether (sulfide) groups is 1. The first-order valence-corrected chi connectivity index (χ1v) is 6.42. The fourth-order valence-electron chi connectivity index (χ4n) is 1.41. The molecule has 0 radical (unpaired) electrons. The van der Waals surface area contributed by atoms with Crippen molar-refractivity contribution in [3.63, 3.8) is 0 Å². The number of rotatable bonds is 7. The van der Waals surface area contributed by atoms with Crippen LogP contribution >= 0.6 is 11.8 Å². The Balaban J connectivity index is 2.12. The maximum absolute atomic E-state index is 4.17. The van der Waals surface area contributed by atoms with Crippen LogP contribution in [0.25, 0.3) is 0 Å². The van der Waals surface area contributed by atoms with Crippen LogP contribution in [0.2, 0.25) is 0 Å². The molecule has 0 amide bonds. The number of hydrogen-bond donors (Lipinski definition) is 1. The summed E-state index contributed by atoms with van der Waals surface area (Å²) in [6.07, 6.45) is 7.22. The van der Waals surface area contributed by atoms with Crippen LogP contribution in [0.3, 0.4) is 0 Å². The third kappa shape index (κ3) is 5.14. The summed E-state index contributed by atoms with van der Waals surface area (Å²) in [6, 6.07) is 2.50. The van der Waals surface area contributed by atoms with Crippen molar-refractivity contribution in [3.8, 4) is 0 Å². The zero-order chi connectivity index (χ0) is 10.9. The Morgan fingerprint density at radius 3 is 2.73 bits per heavy atom. The first-order valence-electron chi connectivity index (χ1n) is 5.44. The highest BCUT2D eigenvalue weighted by Gasteiger charge is 2.02. The van der Waals surface area contributed by atoms with E-state index in [1.54, 1.807) is 24.2 Å². The van der Waals surface area contributed by atoms with Gasteiger partial charge in [-0.05, 0) is 32.4 Å². The zero-order valence-corrected chi connectivity index (χ0v) is 10.3. The standard InChI is InChI=1S/C11H19N3S/c1-3-10(12-2)6-4-9-15-11-13-7-5-8-14-11/h5,7-8,10,12H,3-4,6,9H2,1-2H3. The maximum Gasteiger partial charge on any atom is 0.187 e. The molecule has 0 aliphatic rings. The van der Waals surface area contributed by atoms with E-state index >= 15 is 0 Å². The molecule has 0 aromatic carbocycles. The predicted octanol–water partition coefficient (Wildman–Crippen LogP) is 2.35. The average Bonchev–Trinajstić information content (AvgIpc) is 2.31. The van der Waals surface area contributed by atoms with Gasteiger partial charge < -0.3 is 5.32 Å². The topological polar surface area (TPSA) is 37.8 Å². The summed E-state index contributed by atoms with van der Waals surface area (Å²) in [6.45, 7) is 2.22. The molecule has 1 atom stereocenters. The molecule has 1 aromatic rings. The molecule has 4 heteroatoms. The summed E-state index contributed by atoms with van der Waals surface area (Å²) in [7, 11) is 2.03. The molecule has 1 rings (SSSR count). The van der Waals surface area contributed by atoms with Crippen molar-refractivity contribution >= 4 is 11.8 Å². The van der Waals surface area contributed by atoms with Gasteiger partial charge >= 0.3 is 0 Å². The molecule has 0 spiro atoms. The van der Waals surface area contributed by atoms with Crippen molar-refractivity contribution in [3.05, 3.63) is 18.5 Å². The third-order valence-corrected chi connectivity index (χ3v) is 3.33. The third-order valence-electron chi connectivity index (χ3n) is 2.37. The summed E-state index contributed by atoms with van der Waals surface area (Å²) >= 11 is 1.73. The van der Waals surface area contributed by atoms with Crippen molar-refractivity contribution in [1.82, 2.24) is 15.3 Å². The summed E-state index contributed by atoms with van der Waals surface area (Å²) in [4.78, 5) is 8.34. The number of hydrogen-bond acceptors (Lipinski definition) is 4. The SMILES string of the molecule is CCC(CCCSc1ncccn1)NC. The van der Waals surface area contributed by atoms with Gasteiger partial charge in [0.25, 0.3) is 0 Å². The molecule has 0 saturated carbocycles. The van der Waals surface area contributed by atoms with Crippen molar-refractivity contribution in [2.24, 2.45) is 0 Å². The fourth-order valence-corrected chi connectivity index (χ4v) is 2.17. The summed E-state index contributed by atoms with van der Waals surface area (Å²) in [5.74, 6) is 1.10. The monoisotopic (exact) mass is 225 g/mol. The first kappa shape index (κ1) is 12.5. The highest BCUT2D eigenvalue weighted by atomic mass is 32.2. The molecular formula is C11H19N3S. The molecule has 1 aromatic heterocycles. The highest BCUT2D eigenvalue weighted by Crippen LogP contribution is 2.14. The van der Waals surface area contributed by atoms with E-state index in [0.29, 0.717) is 6.04 Å². The molecule has 15 heavy (non-hydrogen) atoms. The molecule has 1 N–H and O–H groups in total. The molecule has 3 nitrogen and oxygen atoms in total. The van der Waals surface area contributed by atoms with Crippen molar-refractivity contribution in [2.45, 2.75) is 37.4 Å². The zero-order valence-electron chi connectivity index (χ0n) is 9.44. The lowest BCUT2D eigenvalue weighted by Gasteiger charge is -2.12. The second kappa shape index (κ2) is 7.65. The molecule has 0 aliphatic carbocycles. The van der Waals surface area contributed by atoms with Gasteiger partial charge in [0.1, 0.15) is 0 Å². The Labute approximate surface area is 96.1 Å². The van der Waals surface area contributed by atoms with Gasteiger partial charge in [-0.25, -0.2) is 9.97 Å². The smallest absolute Gasteiger partial charge is 0.187 e. The summed E-state index contributed by atoms with van der Waals surface area (Å²) in [5.41, 5.74) is 0. The van der Waals surface area contributed by atoms with E-state index in [-0.39, 0.29) is 0 Å². The normalized spacial score (nSPS) is 12.7. The molecule has 1 unspecified atom stereocenters. The van der Waals surface area contributed by atoms with Gasteiger partial charge in [0.05, 0.1) is 0 Å². The van der Waals surface area contributed by atoms with Gasteiger partial charge in [0.2, 0.25) is 0 Å². The Kier molecular flexibility index (Phi) is 6.36. The van der Waals surface area contributed by atoms with Crippen molar-refractivity contribution < 1.29 is 0 Å². The van der Waals surface area contributed by atoms with E-state index in [2.05, 4.69) is 22.2 Å². The second-order valence-electron chi connectivity index (χ2n) is 3.42. The van der Waals surface area contributed by atoms with Crippen LogP contribution in [0.1, 0.15) is 26.2 Å². The van der Waals surface area contributed by atoms with Gasteiger partial charge in [-0.15, -0.1) is 0 Å². The minimum absolute atomic E-state index is 0.655. The minimum Gasteiger partial charge on any atom is -0.317 e. The van der Waals surface area contributed by atoms with Crippen LogP contribution in [0, 0.1) is 0 Å². The molecular weight excluding hydrogens is 206 g/mol. The van der Waals surface area contributed by atoms with Crippen molar-refractivity contribution in [1.29, 1.82) is 0 Å². The van der Waals surface area contributed by atoms with Crippen LogP contribution in [0.4, 0.5) is 0 Å². The molecule has 0 bridgehead atoms. The Morgan fingerprint density at radius 1 is 1.40 bits per heavy atom. The molecule has 0 fully saturated rings. The predicted molar refractivity (Wildman–Crippen MR) is 65.1 cm³/mol. The fraction of sp³-hybridized carbons (Fsp3) is 0.636. The lowest BCUT2D eigenvalue weighted by atomic mass is 10.1. The minimum atomic E-state index is 0.655. The van der Waals surface area contributed by atoms with E-state index in [1.165, 1.54) is 19.3 Å². The average molecular weight is 225 g/mol. The van der Waals surface area contributed by atoms with E-state index in [9.17, 15) is 0 Å². The van der Waals surface area contributed by atoms with Crippen molar-refractivity contribution in [2.75, 3.05) is 12.8 Å². The van der Waals surface area contributed by atoms with Crippen LogP contribution in [-0.2, 0) is 0 Å². The Bertz CT molecular complexity index is 249. The van der Waals surface area contributed by atoms with E-state index < -0.39 is 0 Å². The lowest BCUT2D eigenvalue weighted by Crippen LogP contribution is -2.23. The largest absolute Gasteiger partial charge is 0.317 e. The number of nitrogens with one attached hydrogen (secondary N) is 1. The van der Waals surface area contributed by atoms with Gasteiger partial charge in [-0.2, -0.15) is 0 Å². The molecule has 1 heterocycles. The molecule has 84 valence electrons. The number of aromatic nitrogens is 2. The lowest BCUT2D eigenvalue weighted by molar-refractivity contribution is 0.504. The second-order valence-corrected chi connectivity index (χ2v) is 4.48. The van der Waals surface area contributed by atoms with Gasteiger partial charge in [-0.3, -0.25) is 0 Å². The summed E-state index contributed by atoms with van der Waals surface area (Å²) < 4.78 is 0. The Morgan fingerprint density at radius 2 is 2.13 bits per heavy atom. The van der Waals surface area contributed by atoms with Crippen LogP contribution in [0.15, 0.2) is 23.6 Å². The van der Waals surface area contributed by atoms with E-state index in [1.807, 2.05) is 13.1 Å².